The van der Waals surface area contributed by atoms with Crippen LogP contribution in [-0.2, 0) is 0 Å². The first-order valence-electron chi connectivity index (χ1n) is 11.0. The molecule has 0 bridgehead atoms. The number of anilines is 1. The second kappa shape index (κ2) is 9.02. The highest BCUT2D eigenvalue weighted by atomic mass is 16.5. The number of aromatic nitrogens is 6. The van der Waals surface area contributed by atoms with Crippen LogP contribution >= 0.6 is 0 Å². The Hall–Kier alpha value is -4.93. The van der Waals surface area contributed by atoms with Crippen LogP contribution in [0.1, 0.15) is 21.6 Å². The number of aryl methyl sites for hydroxylation is 2. The van der Waals surface area contributed by atoms with Crippen molar-refractivity contribution in [2.24, 2.45) is 0 Å². The molecule has 11 heteroatoms. The van der Waals surface area contributed by atoms with Gasteiger partial charge in [-0.2, -0.15) is 19.9 Å². The van der Waals surface area contributed by atoms with E-state index in [1.54, 1.807) is 35.9 Å². The number of carbonyl (C=O) groups is 1. The molecular formula is C25H23N7O4. The van der Waals surface area contributed by atoms with Crippen LogP contribution in [0.2, 0.25) is 0 Å². The van der Waals surface area contributed by atoms with Gasteiger partial charge in [0.25, 0.3) is 11.5 Å². The number of aromatic amines is 1. The molecule has 0 atom stereocenters. The maximum absolute atomic E-state index is 13.2. The molecule has 36 heavy (non-hydrogen) atoms. The first-order chi connectivity index (χ1) is 17.4. The predicted octanol–water partition coefficient (Wildman–Crippen LogP) is 3.18. The molecule has 5 aromatic rings. The highest BCUT2D eigenvalue weighted by Gasteiger charge is 2.20. The molecule has 3 heterocycles. The molecule has 0 unspecified atom stereocenters. The average Bonchev–Trinajstić information content (AvgIpc) is 3.47. The number of rotatable bonds is 6. The average molecular weight is 486 g/mol. The van der Waals surface area contributed by atoms with Crippen LogP contribution < -0.4 is 20.3 Å². The Morgan fingerprint density at radius 3 is 2.53 bits per heavy atom. The largest absolute Gasteiger partial charge is 0.493 e. The summed E-state index contributed by atoms with van der Waals surface area (Å²) in [5.74, 6) is 0.722. The van der Waals surface area contributed by atoms with Gasteiger partial charge in [0.1, 0.15) is 11.2 Å². The number of nitrogens with one attached hydrogen (secondary N) is 2. The molecule has 2 N–H and O–H groups in total. The fourth-order valence-corrected chi connectivity index (χ4v) is 3.88. The molecule has 1 amide bonds. The number of fused-ring (bicyclic) bond motifs is 1. The van der Waals surface area contributed by atoms with Gasteiger partial charge in [0, 0.05) is 6.07 Å². The molecule has 0 fully saturated rings. The van der Waals surface area contributed by atoms with Gasteiger partial charge in [-0.05, 0) is 38.1 Å². The fourth-order valence-electron chi connectivity index (χ4n) is 3.88. The second-order valence-electron chi connectivity index (χ2n) is 8.10. The maximum atomic E-state index is 13.2. The molecule has 0 saturated carbocycles. The normalized spacial score (nSPS) is 11.0. The number of ether oxygens (including phenoxy) is 2. The zero-order chi connectivity index (χ0) is 25.4. The molecule has 0 aliphatic heterocycles. The summed E-state index contributed by atoms with van der Waals surface area (Å²) in [5, 5.41) is 11.9. The van der Waals surface area contributed by atoms with Crippen LogP contribution in [0.25, 0.3) is 22.7 Å². The van der Waals surface area contributed by atoms with Crippen LogP contribution in [0.3, 0.4) is 0 Å². The Bertz CT molecular complexity index is 1650. The summed E-state index contributed by atoms with van der Waals surface area (Å²) in [6.45, 7) is 3.76. The molecule has 0 aliphatic carbocycles. The van der Waals surface area contributed by atoms with Crippen molar-refractivity contribution in [1.29, 1.82) is 0 Å². The van der Waals surface area contributed by atoms with Crippen molar-refractivity contribution in [2.45, 2.75) is 13.8 Å². The van der Waals surface area contributed by atoms with Gasteiger partial charge in [-0.3, -0.25) is 14.6 Å². The minimum absolute atomic E-state index is 0.127. The van der Waals surface area contributed by atoms with Crippen LogP contribution in [0.4, 0.5) is 5.82 Å². The third kappa shape index (κ3) is 3.96. The molecule has 0 radical (unpaired) electrons. The Morgan fingerprint density at radius 1 is 1.03 bits per heavy atom. The summed E-state index contributed by atoms with van der Waals surface area (Å²) >= 11 is 0. The lowest BCUT2D eigenvalue weighted by Crippen LogP contribution is -2.19. The summed E-state index contributed by atoms with van der Waals surface area (Å²) < 4.78 is 13.6. The number of amides is 1. The third-order valence-electron chi connectivity index (χ3n) is 5.63. The minimum atomic E-state index is -0.444. The van der Waals surface area contributed by atoms with E-state index in [0.29, 0.717) is 34.0 Å². The van der Waals surface area contributed by atoms with Crippen molar-refractivity contribution in [1.82, 2.24) is 29.5 Å². The van der Waals surface area contributed by atoms with Crippen LogP contribution in [0.15, 0.2) is 59.5 Å². The van der Waals surface area contributed by atoms with Crippen molar-refractivity contribution in [2.75, 3.05) is 19.5 Å². The highest BCUT2D eigenvalue weighted by Crippen LogP contribution is 2.31. The van der Waals surface area contributed by atoms with E-state index in [2.05, 4.69) is 25.5 Å². The van der Waals surface area contributed by atoms with Gasteiger partial charge in [-0.15, -0.1) is 0 Å². The Morgan fingerprint density at radius 2 is 1.81 bits per heavy atom. The summed E-state index contributed by atoms with van der Waals surface area (Å²) in [6, 6.07) is 14.4. The Balaban J connectivity index is 1.57. The van der Waals surface area contributed by atoms with Crippen molar-refractivity contribution >= 4 is 22.8 Å². The zero-order valence-electron chi connectivity index (χ0n) is 20.1. The van der Waals surface area contributed by atoms with Crippen LogP contribution in [0, 0.1) is 13.8 Å². The van der Waals surface area contributed by atoms with Crippen molar-refractivity contribution in [3.63, 3.8) is 0 Å². The minimum Gasteiger partial charge on any atom is -0.493 e. The van der Waals surface area contributed by atoms with Gasteiger partial charge >= 0.3 is 0 Å². The maximum Gasteiger partial charge on any atom is 0.263 e. The number of hydrogen-bond acceptors (Lipinski definition) is 7. The number of hydrogen-bond donors (Lipinski definition) is 2. The third-order valence-corrected chi connectivity index (χ3v) is 5.63. The van der Waals surface area contributed by atoms with E-state index in [1.807, 2.05) is 31.2 Å². The summed E-state index contributed by atoms with van der Waals surface area (Å²) in [5.41, 5.74) is 2.72. The number of H-pyrrole nitrogens is 1. The lowest BCUT2D eigenvalue weighted by atomic mass is 10.1. The van der Waals surface area contributed by atoms with Crippen LogP contribution in [0.5, 0.6) is 11.5 Å². The van der Waals surface area contributed by atoms with Gasteiger partial charge in [-0.1, -0.05) is 23.8 Å². The second-order valence-corrected chi connectivity index (χ2v) is 8.10. The number of para-hydroxylation sites is 1. The van der Waals surface area contributed by atoms with E-state index in [4.69, 9.17) is 9.47 Å². The van der Waals surface area contributed by atoms with Crippen molar-refractivity contribution in [3.8, 4) is 23.1 Å². The molecule has 0 spiro atoms. The highest BCUT2D eigenvalue weighted by molar-refractivity contribution is 6.06. The molecule has 0 aliphatic rings. The predicted molar refractivity (Wildman–Crippen MR) is 134 cm³/mol. The molecule has 3 aromatic heterocycles. The summed E-state index contributed by atoms with van der Waals surface area (Å²) in [7, 11) is 2.96. The monoisotopic (exact) mass is 485 g/mol. The molecule has 0 saturated heterocycles. The van der Waals surface area contributed by atoms with E-state index >= 15 is 0 Å². The topological polar surface area (TPSA) is 129 Å². The SMILES string of the molecule is COc1cccc(C(=O)Nc2cc(C)nn2-c2nc3c(cnn3-c3ccc(C)cc3)c(=O)[nH]2)c1OC. The van der Waals surface area contributed by atoms with Gasteiger partial charge in [-0.25, -0.2) is 4.68 Å². The van der Waals surface area contributed by atoms with Crippen molar-refractivity contribution in [3.05, 3.63) is 81.9 Å². The van der Waals surface area contributed by atoms with E-state index in [1.165, 1.54) is 25.1 Å². The lowest BCUT2D eigenvalue weighted by Gasteiger charge is -2.13. The van der Waals surface area contributed by atoms with Crippen molar-refractivity contribution < 1.29 is 14.3 Å². The van der Waals surface area contributed by atoms with E-state index in [9.17, 15) is 9.59 Å². The quantitative estimate of drug-likeness (QED) is 0.378. The number of benzene rings is 2. The van der Waals surface area contributed by atoms with Gasteiger partial charge in [0.2, 0.25) is 5.95 Å². The smallest absolute Gasteiger partial charge is 0.263 e. The Labute approximate surface area is 205 Å². The van der Waals surface area contributed by atoms with E-state index in [-0.39, 0.29) is 17.1 Å². The molecular weight excluding hydrogens is 462 g/mol. The summed E-state index contributed by atoms with van der Waals surface area (Å²) in [6.07, 6.45) is 1.47. The number of nitrogens with zero attached hydrogens (tertiary/aromatic N) is 5. The standard InChI is InChI=1S/C25H23N7O4/c1-14-8-10-16(11-9-14)31-22-18(13-26-31)24(34)29-25(28-22)32-20(12-15(2)30-32)27-23(33)17-6-5-7-19(35-3)21(17)36-4/h5-13H,1-4H3,(H,27,33)(H,28,29,34). The molecule has 2 aromatic carbocycles. The first kappa shape index (κ1) is 22.8. The molecule has 182 valence electrons. The molecule has 11 nitrogen and oxygen atoms in total. The summed E-state index contributed by atoms with van der Waals surface area (Å²) in [4.78, 5) is 33.4. The zero-order valence-corrected chi connectivity index (χ0v) is 20.1. The van der Waals surface area contributed by atoms with E-state index in [0.717, 1.165) is 11.3 Å². The van der Waals surface area contributed by atoms with Gasteiger partial charge in [0.05, 0.1) is 37.4 Å². The van der Waals surface area contributed by atoms with E-state index < -0.39 is 5.91 Å². The first-order valence-corrected chi connectivity index (χ1v) is 11.0. The molecule has 5 rings (SSSR count). The number of carbonyl (C=O) groups excluding carboxylic acids is 1. The Kier molecular flexibility index (Phi) is 5.72. The number of methoxy groups -OCH3 is 2. The fraction of sp³-hybridized carbons (Fsp3) is 0.160. The van der Waals surface area contributed by atoms with Gasteiger partial charge < -0.3 is 14.8 Å². The lowest BCUT2D eigenvalue weighted by molar-refractivity contribution is 0.102. The van der Waals surface area contributed by atoms with Gasteiger partial charge in [0.15, 0.2) is 17.1 Å². The van der Waals surface area contributed by atoms with Crippen LogP contribution in [-0.4, -0.2) is 49.7 Å².